The van der Waals surface area contributed by atoms with Crippen molar-refractivity contribution in [1.29, 1.82) is 5.26 Å². The number of fused-ring (bicyclic) bond motifs is 1. The van der Waals surface area contributed by atoms with Crippen LogP contribution in [0.4, 0.5) is 0 Å². The number of hydrogen-bond donors (Lipinski definition) is 0. The van der Waals surface area contributed by atoms with Crippen LogP contribution in [0.5, 0.6) is 0 Å². The molecule has 134 valence electrons. The topological polar surface area (TPSA) is 90.0 Å². The van der Waals surface area contributed by atoms with Gasteiger partial charge in [-0.3, -0.25) is 0 Å². The van der Waals surface area contributed by atoms with Crippen molar-refractivity contribution in [2.24, 2.45) is 0 Å². The second kappa shape index (κ2) is 7.99. The average Bonchev–Trinajstić information content (AvgIpc) is 2.94. The van der Waals surface area contributed by atoms with Gasteiger partial charge in [-0.1, -0.05) is 31.4 Å². The lowest BCUT2D eigenvalue weighted by Gasteiger charge is -2.15. The van der Waals surface area contributed by atoms with Gasteiger partial charge < -0.3 is 14.0 Å². The molecule has 0 aliphatic heterocycles. The number of carbonyl (C=O) groups excluding carboxylic acids is 1. The van der Waals surface area contributed by atoms with Crippen molar-refractivity contribution in [3.63, 3.8) is 0 Å². The number of thioether (sulfide) groups is 1. The molecule has 0 radical (unpaired) electrons. The second-order valence-electron chi connectivity index (χ2n) is 6.72. The second-order valence-corrected chi connectivity index (χ2v) is 13.1. The van der Waals surface area contributed by atoms with Crippen LogP contribution in [0.1, 0.15) is 16.1 Å². The molecule has 0 fully saturated rings. The van der Waals surface area contributed by atoms with E-state index in [0.717, 1.165) is 6.04 Å². The van der Waals surface area contributed by atoms with Crippen LogP contribution in [0.15, 0.2) is 11.4 Å². The molecule has 2 heterocycles. The van der Waals surface area contributed by atoms with Crippen molar-refractivity contribution in [1.82, 2.24) is 14.5 Å². The van der Waals surface area contributed by atoms with Crippen LogP contribution < -0.4 is 0 Å². The maximum atomic E-state index is 12.1. The van der Waals surface area contributed by atoms with Gasteiger partial charge in [0.2, 0.25) is 0 Å². The monoisotopic (exact) mass is 378 g/mol. The number of methoxy groups -OCH3 is 1. The lowest BCUT2D eigenvalue weighted by atomic mass is 10.2. The Morgan fingerprint density at radius 3 is 2.68 bits per heavy atom. The maximum absolute atomic E-state index is 12.1. The van der Waals surface area contributed by atoms with E-state index in [2.05, 4.69) is 35.7 Å². The number of hydrogen-bond acceptors (Lipinski definition) is 7. The van der Waals surface area contributed by atoms with Crippen molar-refractivity contribution < 1.29 is 14.3 Å². The zero-order chi connectivity index (χ0) is 18.6. The molecule has 0 amide bonds. The van der Waals surface area contributed by atoms with E-state index in [1.54, 1.807) is 10.8 Å². The summed E-state index contributed by atoms with van der Waals surface area (Å²) in [6.07, 6.45) is 3.47. The Labute approximate surface area is 152 Å². The molecular formula is C16H22N4O3SSi. The molecule has 0 bridgehead atoms. The van der Waals surface area contributed by atoms with Crippen LogP contribution in [0, 0.1) is 11.3 Å². The molecule has 0 saturated carbocycles. The van der Waals surface area contributed by atoms with Crippen LogP contribution in [-0.2, 0) is 16.2 Å². The minimum Gasteiger partial charge on any atom is -0.464 e. The summed E-state index contributed by atoms with van der Waals surface area (Å²) in [6.45, 7) is 7.79. The van der Waals surface area contributed by atoms with Gasteiger partial charge in [-0.05, 0) is 12.3 Å². The van der Waals surface area contributed by atoms with Gasteiger partial charge in [-0.25, -0.2) is 14.8 Å². The molecule has 7 nitrogen and oxygen atoms in total. The highest BCUT2D eigenvalue weighted by Crippen LogP contribution is 2.25. The van der Waals surface area contributed by atoms with Crippen molar-refractivity contribution in [3.05, 3.63) is 17.5 Å². The molecule has 0 unspecified atom stereocenters. The third-order valence-corrected chi connectivity index (χ3v) is 5.86. The number of carbonyl (C=O) groups is 1. The first-order valence-corrected chi connectivity index (χ1v) is 12.7. The molecule has 2 rings (SSSR count). The molecule has 0 aliphatic rings. The van der Waals surface area contributed by atoms with Crippen molar-refractivity contribution >= 4 is 36.8 Å². The number of esters is 1. The molecule has 0 aromatic carbocycles. The highest BCUT2D eigenvalue weighted by atomic mass is 32.2. The van der Waals surface area contributed by atoms with E-state index in [4.69, 9.17) is 9.47 Å². The predicted molar refractivity (Wildman–Crippen MR) is 99.5 cm³/mol. The summed E-state index contributed by atoms with van der Waals surface area (Å²) >= 11 is 1.32. The Morgan fingerprint density at radius 2 is 2.12 bits per heavy atom. The summed E-state index contributed by atoms with van der Waals surface area (Å²) in [5.41, 5.74) is 0.940. The minimum atomic E-state index is -1.17. The van der Waals surface area contributed by atoms with E-state index in [9.17, 15) is 10.1 Å². The highest BCUT2D eigenvalue weighted by Gasteiger charge is 2.22. The lowest BCUT2D eigenvalue weighted by molar-refractivity contribution is 0.0595. The Bertz CT molecular complexity index is 823. The molecule has 9 heteroatoms. The summed E-state index contributed by atoms with van der Waals surface area (Å²) in [7, 11) is 0.118. The van der Waals surface area contributed by atoms with Gasteiger partial charge in [0.25, 0.3) is 0 Å². The Hall–Kier alpha value is -1.89. The SMILES string of the molecule is COC(=O)c1nc(SC)nc2c1c(C#N)cn2COCC[Si](C)(C)C. The number of rotatable bonds is 7. The average molecular weight is 379 g/mol. The van der Waals surface area contributed by atoms with E-state index >= 15 is 0 Å². The van der Waals surface area contributed by atoms with Crippen molar-refractivity contribution in [2.75, 3.05) is 20.0 Å². The van der Waals surface area contributed by atoms with Crippen LogP contribution in [0.2, 0.25) is 25.7 Å². The van der Waals surface area contributed by atoms with Gasteiger partial charge in [0.1, 0.15) is 18.4 Å². The zero-order valence-corrected chi connectivity index (χ0v) is 16.9. The number of ether oxygens (including phenoxy) is 2. The highest BCUT2D eigenvalue weighted by molar-refractivity contribution is 7.98. The van der Waals surface area contributed by atoms with Crippen LogP contribution in [-0.4, -0.2) is 48.6 Å². The summed E-state index contributed by atoms with van der Waals surface area (Å²) in [5, 5.41) is 10.3. The quantitative estimate of drug-likeness (QED) is 0.240. The Balaban J connectivity index is 2.41. The van der Waals surface area contributed by atoms with Crippen molar-refractivity contribution in [2.45, 2.75) is 37.6 Å². The number of nitrogens with zero attached hydrogens (tertiary/aromatic N) is 4. The van der Waals surface area contributed by atoms with Gasteiger partial charge >= 0.3 is 5.97 Å². The zero-order valence-electron chi connectivity index (χ0n) is 15.1. The van der Waals surface area contributed by atoms with E-state index in [-0.39, 0.29) is 12.4 Å². The largest absolute Gasteiger partial charge is 0.464 e. The van der Waals surface area contributed by atoms with Gasteiger partial charge in [-0.2, -0.15) is 5.26 Å². The molecule has 0 atom stereocenters. The van der Waals surface area contributed by atoms with E-state index in [1.165, 1.54) is 18.9 Å². The number of aromatic nitrogens is 3. The number of nitriles is 1. The fraction of sp³-hybridized carbons (Fsp3) is 0.500. The van der Waals surface area contributed by atoms with Gasteiger partial charge in [-0.15, -0.1) is 0 Å². The molecule has 0 aliphatic carbocycles. The van der Waals surface area contributed by atoms with E-state index in [1.807, 2.05) is 6.26 Å². The summed E-state index contributed by atoms with van der Waals surface area (Å²) in [4.78, 5) is 20.7. The maximum Gasteiger partial charge on any atom is 0.357 e. The molecule has 0 N–H and O–H groups in total. The first kappa shape index (κ1) is 19.4. The van der Waals surface area contributed by atoms with Crippen LogP contribution in [0.3, 0.4) is 0 Å². The molecule has 0 spiro atoms. The fourth-order valence-electron chi connectivity index (χ4n) is 2.23. The third kappa shape index (κ3) is 4.59. The standard InChI is InChI=1S/C16H22N4O3SSi/c1-22-15(21)13-12-11(8-17)9-20(10-23-6-7-25(3,4)5)14(12)19-16(18-13)24-2/h9H,6-7,10H2,1-5H3. The van der Waals surface area contributed by atoms with E-state index in [0.29, 0.717) is 28.4 Å². The molecule has 25 heavy (non-hydrogen) atoms. The summed E-state index contributed by atoms with van der Waals surface area (Å²) in [5.74, 6) is -0.586. The van der Waals surface area contributed by atoms with E-state index < -0.39 is 14.0 Å². The smallest absolute Gasteiger partial charge is 0.357 e. The van der Waals surface area contributed by atoms with Gasteiger partial charge in [0, 0.05) is 20.9 Å². The Kier molecular flexibility index (Phi) is 6.21. The predicted octanol–water partition coefficient (Wildman–Crippen LogP) is 3.12. The Morgan fingerprint density at radius 1 is 1.40 bits per heavy atom. The first-order chi connectivity index (χ1) is 11.8. The first-order valence-electron chi connectivity index (χ1n) is 7.81. The molecule has 2 aromatic rings. The molecular weight excluding hydrogens is 356 g/mol. The normalized spacial score (nSPS) is 11.5. The minimum absolute atomic E-state index is 0.106. The van der Waals surface area contributed by atoms with Crippen LogP contribution >= 0.6 is 11.8 Å². The van der Waals surface area contributed by atoms with Crippen molar-refractivity contribution in [3.8, 4) is 6.07 Å². The van der Waals surface area contributed by atoms with Crippen LogP contribution in [0.25, 0.3) is 11.0 Å². The lowest BCUT2D eigenvalue weighted by Crippen LogP contribution is -2.22. The van der Waals surface area contributed by atoms with Gasteiger partial charge in [0.05, 0.1) is 18.1 Å². The molecule has 0 saturated heterocycles. The summed E-state index contributed by atoms with van der Waals surface area (Å²) < 4.78 is 12.3. The summed E-state index contributed by atoms with van der Waals surface area (Å²) in [6, 6.07) is 3.15. The fourth-order valence-corrected chi connectivity index (χ4v) is 3.34. The third-order valence-electron chi connectivity index (χ3n) is 3.60. The molecule has 2 aromatic heterocycles. The van der Waals surface area contributed by atoms with Gasteiger partial charge in [0.15, 0.2) is 10.9 Å².